The fourth-order valence-corrected chi connectivity index (χ4v) is 1.84. The van der Waals surface area contributed by atoms with E-state index in [1.807, 2.05) is 0 Å². The molecular formula is C14H14F3N3O2. The molecule has 1 amide bonds. The lowest BCUT2D eigenvalue weighted by atomic mass is 10.2. The number of nitrogens with one attached hydrogen (secondary N) is 2. The number of halogens is 3. The van der Waals surface area contributed by atoms with Gasteiger partial charge in [0.25, 0.3) is 0 Å². The van der Waals surface area contributed by atoms with Crippen molar-refractivity contribution < 1.29 is 22.5 Å². The highest BCUT2D eigenvalue weighted by atomic mass is 19.2. The van der Waals surface area contributed by atoms with Gasteiger partial charge in [-0.2, -0.15) is 0 Å². The predicted molar refractivity (Wildman–Crippen MR) is 72.6 cm³/mol. The van der Waals surface area contributed by atoms with E-state index < -0.39 is 23.4 Å². The Labute approximate surface area is 124 Å². The maximum absolute atomic E-state index is 13.0. The van der Waals surface area contributed by atoms with Crippen LogP contribution in [0.25, 0.3) is 0 Å². The van der Waals surface area contributed by atoms with E-state index in [0.29, 0.717) is 11.5 Å². The Balaban J connectivity index is 1.88. The molecule has 0 spiro atoms. The van der Waals surface area contributed by atoms with Gasteiger partial charge < -0.3 is 15.2 Å². The average Bonchev–Trinajstić information content (AvgIpc) is 2.79. The molecule has 0 bridgehead atoms. The minimum absolute atomic E-state index is 0.0242. The van der Waals surface area contributed by atoms with Gasteiger partial charge in [0, 0.05) is 29.9 Å². The summed E-state index contributed by atoms with van der Waals surface area (Å²) in [5, 5.41) is 8.88. The number of nitrogens with zero attached hydrogens (tertiary/aromatic N) is 1. The van der Waals surface area contributed by atoms with Gasteiger partial charge in [0.2, 0.25) is 5.91 Å². The van der Waals surface area contributed by atoms with E-state index in [2.05, 4.69) is 15.8 Å². The highest BCUT2D eigenvalue weighted by Gasteiger charge is 2.12. The Morgan fingerprint density at radius 2 is 1.86 bits per heavy atom. The number of hydrogen-bond acceptors (Lipinski definition) is 4. The Hall–Kier alpha value is -2.51. The van der Waals surface area contributed by atoms with E-state index >= 15 is 0 Å². The molecule has 2 N–H and O–H groups in total. The molecule has 1 heterocycles. The van der Waals surface area contributed by atoms with E-state index in [1.165, 1.54) is 0 Å². The van der Waals surface area contributed by atoms with E-state index in [9.17, 15) is 18.0 Å². The molecule has 0 atom stereocenters. The standard InChI is InChI=1S/C14H14F3N3O2/c1-7-10(8(2)22-20-7)5-19-13(21)6-18-9-3-11(15)14(17)12(16)4-9/h3-4,18H,5-6H2,1-2H3,(H,19,21). The number of aromatic nitrogens is 1. The molecular weight excluding hydrogens is 299 g/mol. The quantitative estimate of drug-likeness (QED) is 0.832. The van der Waals surface area contributed by atoms with Crippen molar-refractivity contribution >= 4 is 11.6 Å². The molecule has 8 heteroatoms. The fourth-order valence-electron chi connectivity index (χ4n) is 1.84. The lowest BCUT2D eigenvalue weighted by Gasteiger charge is -2.08. The van der Waals surface area contributed by atoms with Crippen LogP contribution in [0.3, 0.4) is 0 Å². The number of carbonyl (C=O) groups is 1. The Morgan fingerprint density at radius 3 is 2.41 bits per heavy atom. The number of rotatable bonds is 5. The summed E-state index contributed by atoms with van der Waals surface area (Å²) in [6.45, 7) is 3.49. The molecule has 1 aromatic heterocycles. The first kappa shape index (κ1) is 15.9. The summed E-state index contributed by atoms with van der Waals surface area (Å²) in [5.41, 5.74) is 1.42. The van der Waals surface area contributed by atoms with Crippen molar-refractivity contribution in [1.82, 2.24) is 10.5 Å². The number of hydrogen-bond donors (Lipinski definition) is 2. The van der Waals surface area contributed by atoms with Gasteiger partial charge in [-0.25, -0.2) is 13.2 Å². The van der Waals surface area contributed by atoms with Crippen LogP contribution in [0.4, 0.5) is 18.9 Å². The second-order valence-electron chi connectivity index (χ2n) is 4.69. The van der Waals surface area contributed by atoms with Gasteiger partial charge in [-0.15, -0.1) is 0 Å². The predicted octanol–water partition coefficient (Wildman–Crippen LogP) is 2.44. The fraction of sp³-hybridized carbons (Fsp3) is 0.286. The minimum atomic E-state index is -1.55. The SMILES string of the molecule is Cc1noc(C)c1CNC(=O)CNc1cc(F)c(F)c(F)c1. The first-order chi connectivity index (χ1) is 10.4. The Kier molecular flexibility index (Phi) is 4.69. The molecule has 22 heavy (non-hydrogen) atoms. The van der Waals surface area contributed by atoms with Crippen LogP contribution in [0.15, 0.2) is 16.7 Å². The monoisotopic (exact) mass is 313 g/mol. The summed E-state index contributed by atoms with van der Waals surface area (Å²) < 4.78 is 43.8. The van der Waals surface area contributed by atoms with Crippen molar-refractivity contribution in [1.29, 1.82) is 0 Å². The number of benzene rings is 1. The molecule has 0 saturated carbocycles. The van der Waals surface area contributed by atoms with Gasteiger partial charge >= 0.3 is 0 Å². The molecule has 2 rings (SSSR count). The molecule has 2 aromatic rings. The summed E-state index contributed by atoms with van der Waals surface area (Å²) in [6.07, 6.45) is 0. The van der Waals surface area contributed by atoms with E-state index in [-0.39, 0.29) is 18.8 Å². The van der Waals surface area contributed by atoms with E-state index in [1.54, 1.807) is 13.8 Å². The molecule has 0 aliphatic rings. The van der Waals surface area contributed by atoms with Gasteiger partial charge in [0.05, 0.1) is 12.2 Å². The zero-order valence-corrected chi connectivity index (χ0v) is 12.0. The second kappa shape index (κ2) is 6.50. The molecule has 0 fully saturated rings. The highest BCUT2D eigenvalue weighted by molar-refractivity contribution is 5.80. The smallest absolute Gasteiger partial charge is 0.239 e. The van der Waals surface area contributed by atoms with E-state index in [0.717, 1.165) is 17.7 Å². The first-order valence-electron chi connectivity index (χ1n) is 6.45. The van der Waals surface area contributed by atoms with Crippen LogP contribution in [0.1, 0.15) is 17.0 Å². The lowest BCUT2D eigenvalue weighted by molar-refractivity contribution is -0.119. The molecule has 0 aliphatic carbocycles. The number of aryl methyl sites for hydroxylation is 2. The summed E-state index contributed by atoms with van der Waals surface area (Å²) >= 11 is 0. The van der Waals surface area contributed by atoms with Gasteiger partial charge in [0.15, 0.2) is 17.5 Å². The molecule has 118 valence electrons. The molecule has 0 radical (unpaired) electrons. The van der Waals surface area contributed by atoms with Crippen LogP contribution in [-0.2, 0) is 11.3 Å². The summed E-state index contributed by atoms with van der Waals surface area (Å²) in [4.78, 5) is 11.7. The third kappa shape index (κ3) is 3.57. The van der Waals surface area contributed by atoms with Crippen LogP contribution in [0, 0.1) is 31.3 Å². The Morgan fingerprint density at radius 1 is 1.23 bits per heavy atom. The van der Waals surface area contributed by atoms with Gasteiger partial charge in [-0.3, -0.25) is 4.79 Å². The third-order valence-corrected chi connectivity index (χ3v) is 3.08. The number of anilines is 1. The summed E-state index contributed by atoms with van der Waals surface area (Å²) in [6, 6.07) is 1.56. The van der Waals surface area contributed by atoms with Crippen molar-refractivity contribution in [2.45, 2.75) is 20.4 Å². The van der Waals surface area contributed by atoms with E-state index in [4.69, 9.17) is 4.52 Å². The van der Waals surface area contributed by atoms with Crippen LogP contribution in [0.5, 0.6) is 0 Å². The minimum Gasteiger partial charge on any atom is -0.376 e. The number of carbonyl (C=O) groups excluding carboxylic acids is 1. The van der Waals surface area contributed by atoms with Crippen molar-refractivity contribution in [2.24, 2.45) is 0 Å². The zero-order valence-electron chi connectivity index (χ0n) is 12.0. The second-order valence-corrected chi connectivity index (χ2v) is 4.69. The third-order valence-electron chi connectivity index (χ3n) is 3.08. The van der Waals surface area contributed by atoms with Crippen molar-refractivity contribution in [3.05, 3.63) is 46.6 Å². The van der Waals surface area contributed by atoms with Crippen LogP contribution in [0.2, 0.25) is 0 Å². The summed E-state index contributed by atoms with van der Waals surface area (Å²) in [7, 11) is 0. The topological polar surface area (TPSA) is 67.2 Å². The van der Waals surface area contributed by atoms with Crippen LogP contribution < -0.4 is 10.6 Å². The van der Waals surface area contributed by atoms with Crippen LogP contribution in [-0.4, -0.2) is 17.6 Å². The molecule has 0 unspecified atom stereocenters. The highest BCUT2D eigenvalue weighted by Crippen LogP contribution is 2.17. The molecule has 0 saturated heterocycles. The summed E-state index contributed by atoms with van der Waals surface area (Å²) in [5.74, 6) is -3.98. The molecule has 1 aromatic carbocycles. The van der Waals surface area contributed by atoms with Crippen LogP contribution >= 0.6 is 0 Å². The maximum Gasteiger partial charge on any atom is 0.239 e. The largest absolute Gasteiger partial charge is 0.376 e. The van der Waals surface area contributed by atoms with Gasteiger partial charge in [0.1, 0.15) is 5.76 Å². The van der Waals surface area contributed by atoms with Crippen molar-refractivity contribution in [2.75, 3.05) is 11.9 Å². The molecule has 0 aliphatic heterocycles. The zero-order chi connectivity index (χ0) is 16.3. The van der Waals surface area contributed by atoms with Gasteiger partial charge in [-0.1, -0.05) is 5.16 Å². The first-order valence-corrected chi connectivity index (χ1v) is 6.45. The Bertz CT molecular complexity index is 658. The lowest BCUT2D eigenvalue weighted by Crippen LogP contribution is -2.29. The molecule has 5 nitrogen and oxygen atoms in total. The van der Waals surface area contributed by atoms with Crippen molar-refractivity contribution in [3.63, 3.8) is 0 Å². The maximum atomic E-state index is 13.0. The van der Waals surface area contributed by atoms with Crippen molar-refractivity contribution in [3.8, 4) is 0 Å². The average molecular weight is 313 g/mol. The normalized spacial score (nSPS) is 10.6. The van der Waals surface area contributed by atoms with Gasteiger partial charge in [-0.05, 0) is 13.8 Å². The number of amides is 1.